The summed E-state index contributed by atoms with van der Waals surface area (Å²) in [6, 6.07) is 11.9. The van der Waals surface area contributed by atoms with Crippen LogP contribution in [0, 0.1) is 6.92 Å². The largest absolute Gasteiger partial charge is 0.495 e. The molecule has 9 nitrogen and oxygen atoms in total. The number of hydrogen-bond acceptors (Lipinski definition) is 6. The van der Waals surface area contributed by atoms with Gasteiger partial charge in [-0.15, -0.1) is 0 Å². The number of aromatic nitrogens is 3. The van der Waals surface area contributed by atoms with Gasteiger partial charge in [-0.25, -0.2) is 14.8 Å². The summed E-state index contributed by atoms with van der Waals surface area (Å²) in [6.07, 6.45) is 3.12. The molecule has 4 N–H and O–H groups in total. The Kier molecular flexibility index (Phi) is 6.18. The van der Waals surface area contributed by atoms with E-state index in [4.69, 9.17) is 10.5 Å². The van der Waals surface area contributed by atoms with Gasteiger partial charge in [-0.3, -0.25) is 4.79 Å². The van der Waals surface area contributed by atoms with Gasteiger partial charge in [0.2, 0.25) is 0 Å². The molecule has 0 radical (unpaired) electrons. The van der Waals surface area contributed by atoms with Gasteiger partial charge in [-0.1, -0.05) is 18.2 Å². The van der Waals surface area contributed by atoms with Gasteiger partial charge >= 0.3 is 6.03 Å². The number of rotatable bonds is 6. The number of aryl methyl sites for hydroxylation is 1. The number of ketones is 1. The molecule has 0 saturated carbocycles. The fourth-order valence-electron chi connectivity index (χ4n) is 3.77. The zero-order valence-corrected chi connectivity index (χ0v) is 19.4. The summed E-state index contributed by atoms with van der Waals surface area (Å²) < 4.78 is 7.28. The topological polar surface area (TPSA) is 124 Å². The Hall–Kier alpha value is -4.40. The van der Waals surface area contributed by atoms with Crippen LogP contribution < -0.4 is 21.1 Å². The number of nitrogens with one attached hydrogen (secondary N) is 2. The molecular formula is C25H26N6O3. The van der Waals surface area contributed by atoms with Crippen molar-refractivity contribution in [2.45, 2.75) is 26.8 Å². The van der Waals surface area contributed by atoms with Crippen molar-refractivity contribution in [2.24, 2.45) is 0 Å². The third-order valence-electron chi connectivity index (χ3n) is 5.54. The second kappa shape index (κ2) is 9.22. The summed E-state index contributed by atoms with van der Waals surface area (Å²) >= 11 is 0. The minimum Gasteiger partial charge on any atom is -0.495 e. The van der Waals surface area contributed by atoms with E-state index >= 15 is 0 Å². The average Bonchev–Trinajstić information content (AvgIpc) is 3.21. The van der Waals surface area contributed by atoms with Crippen molar-refractivity contribution in [2.75, 3.05) is 23.5 Å². The number of amides is 2. The number of nitrogen functional groups attached to an aromatic ring is 1. The monoisotopic (exact) mass is 458 g/mol. The van der Waals surface area contributed by atoms with Crippen LogP contribution in [0.15, 0.2) is 55.0 Å². The minimum atomic E-state index is -0.453. The molecule has 2 aromatic carbocycles. The summed E-state index contributed by atoms with van der Waals surface area (Å²) in [7, 11) is 1.50. The summed E-state index contributed by atoms with van der Waals surface area (Å²) in [6.45, 7) is 5.89. The molecule has 0 unspecified atom stereocenters. The number of fused-ring (bicyclic) bond motifs is 1. The number of ether oxygens (including phenoxy) is 1. The Morgan fingerprint density at radius 3 is 2.50 bits per heavy atom. The van der Waals surface area contributed by atoms with Gasteiger partial charge in [-0.05, 0) is 50.6 Å². The van der Waals surface area contributed by atoms with Gasteiger partial charge < -0.3 is 25.7 Å². The van der Waals surface area contributed by atoms with E-state index in [1.54, 1.807) is 24.4 Å². The number of hydrogen-bond donors (Lipinski definition) is 3. The molecule has 4 aromatic rings. The van der Waals surface area contributed by atoms with Crippen LogP contribution in [0.3, 0.4) is 0 Å². The van der Waals surface area contributed by atoms with Crippen LogP contribution in [0.2, 0.25) is 0 Å². The number of carbonyl (C=O) groups excluding carboxylic acids is 2. The quantitative estimate of drug-likeness (QED) is 0.357. The first-order chi connectivity index (χ1) is 16.3. The maximum Gasteiger partial charge on any atom is 0.323 e. The molecular weight excluding hydrogens is 432 g/mol. The maximum absolute atomic E-state index is 13.5. The summed E-state index contributed by atoms with van der Waals surface area (Å²) in [5.41, 5.74) is 9.42. The van der Waals surface area contributed by atoms with Crippen LogP contribution in [0.25, 0.3) is 11.0 Å². The molecule has 2 aromatic heterocycles. The van der Waals surface area contributed by atoms with E-state index in [1.807, 2.05) is 49.6 Å². The molecule has 0 aliphatic carbocycles. The van der Waals surface area contributed by atoms with Crippen LogP contribution in [-0.4, -0.2) is 33.5 Å². The second-order valence-corrected chi connectivity index (χ2v) is 8.14. The zero-order chi connectivity index (χ0) is 24.4. The summed E-state index contributed by atoms with van der Waals surface area (Å²) in [5.74, 6) is 0.386. The Morgan fingerprint density at radius 2 is 1.79 bits per heavy atom. The second-order valence-electron chi connectivity index (χ2n) is 8.14. The Balaban J connectivity index is 1.69. The van der Waals surface area contributed by atoms with E-state index in [0.717, 1.165) is 5.56 Å². The molecule has 0 saturated heterocycles. The van der Waals surface area contributed by atoms with Gasteiger partial charge in [0.05, 0.1) is 23.7 Å². The van der Waals surface area contributed by atoms with Gasteiger partial charge in [0.25, 0.3) is 0 Å². The van der Waals surface area contributed by atoms with Crippen LogP contribution in [0.5, 0.6) is 5.75 Å². The number of benzene rings is 2. The number of urea groups is 1. The SMILES string of the molecule is COc1ccc(C(=O)c2cn(C(C)C)c3ncnc(N)c23)cc1NC(=O)Nc1ccccc1C. The molecule has 0 atom stereocenters. The highest BCUT2D eigenvalue weighted by Crippen LogP contribution is 2.31. The van der Waals surface area contributed by atoms with Gasteiger partial charge in [0.15, 0.2) is 5.78 Å². The van der Waals surface area contributed by atoms with Crippen molar-refractivity contribution in [3.8, 4) is 5.75 Å². The highest BCUT2D eigenvalue weighted by atomic mass is 16.5. The lowest BCUT2D eigenvalue weighted by atomic mass is 10.0. The standard InChI is InChI=1S/C25H26N6O3/c1-14(2)31-12-17(21-23(26)27-13-28-24(21)31)22(32)16-9-10-20(34-4)19(11-16)30-25(33)29-18-8-6-5-7-15(18)3/h5-14H,1-4H3,(H2,26,27,28)(H2,29,30,33). The lowest BCUT2D eigenvalue weighted by Crippen LogP contribution is -2.20. The third kappa shape index (κ3) is 4.27. The van der Waals surface area contributed by atoms with Gasteiger partial charge in [0.1, 0.15) is 23.5 Å². The Bertz CT molecular complexity index is 1390. The van der Waals surface area contributed by atoms with Crippen molar-refractivity contribution in [1.29, 1.82) is 0 Å². The molecule has 4 rings (SSSR count). The molecule has 0 bridgehead atoms. The van der Waals surface area contributed by atoms with Crippen molar-refractivity contribution in [3.63, 3.8) is 0 Å². The number of carbonyl (C=O) groups is 2. The molecule has 0 aliphatic heterocycles. The van der Waals surface area contributed by atoms with Crippen LogP contribution in [0.1, 0.15) is 41.4 Å². The first kappa shape index (κ1) is 22.8. The van der Waals surface area contributed by atoms with Crippen molar-refractivity contribution < 1.29 is 14.3 Å². The van der Waals surface area contributed by atoms with Crippen molar-refractivity contribution in [3.05, 3.63) is 71.7 Å². The number of nitrogens with two attached hydrogens (primary N) is 1. The number of methoxy groups -OCH3 is 1. The first-order valence-electron chi connectivity index (χ1n) is 10.8. The zero-order valence-electron chi connectivity index (χ0n) is 19.4. The number of nitrogens with zero attached hydrogens (tertiary/aromatic N) is 3. The molecule has 174 valence electrons. The fraction of sp³-hybridized carbons (Fsp3) is 0.200. The number of anilines is 3. The first-order valence-corrected chi connectivity index (χ1v) is 10.8. The predicted molar refractivity (Wildman–Crippen MR) is 133 cm³/mol. The van der Waals surface area contributed by atoms with E-state index in [9.17, 15) is 9.59 Å². The van der Waals surface area contributed by atoms with Crippen LogP contribution >= 0.6 is 0 Å². The van der Waals surface area contributed by atoms with Gasteiger partial charge in [-0.2, -0.15) is 0 Å². The minimum absolute atomic E-state index is 0.0663. The molecule has 2 amide bonds. The van der Waals surface area contributed by atoms with Crippen LogP contribution in [0.4, 0.5) is 22.0 Å². The third-order valence-corrected chi connectivity index (χ3v) is 5.54. The van der Waals surface area contributed by atoms with Crippen molar-refractivity contribution >= 4 is 40.0 Å². The maximum atomic E-state index is 13.5. The highest BCUT2D eigenvalue weighted by Gasteiger charge is 2.22. The Morgan fingerprint density at radius 1 is 1.06 bits per heavy atom. The van der Waals surface area contributed by atoms with E-state index in [1.165, 1.54) is 13.4 Å². The Labute approximate surface area is 197 Å². The smallest absolute Gasteiger partial charge is 0.323 e. The lowest BCUT2D eigenvalue weighted by Gasteiger charge is -2.13. The van der Waals surface area contributed by atoms with E-state index in [2.05, 4.69) is 20.6 Å². The molecule has 0 aliphatic rings. The molecule has 34 heavy (non-hydrogen) atoms. The van der Waals surface area contributed by atoms with Gasteiger partial charge in [0, 0.05) is 23.5 Å². The van der Waals surface area contributed by atoms with E-state index < -0.39 is 6.03 Å². The highest BCUT2D eigenvalue weighted by molar-refractivity contribution is 6.18. The summed E-state index contributed by atoms with van der Waals surface area (Å²) in [4.78, 5) is 34.6. The average molecular weight is 459 g/mol. The predicted octanol–water partition coefficient (Wildman–Crippen LogP) is 4.79. The van der Waals surface area contributed by atoms with E-state index in [0.29, 0.717) is 39.3 Å². The number of para-hydroxylation sites is 1. The van der Waals surface area contributed by atoms with Crippen molar-refractivity contribution in [1.82, 2.24) is 14.5 Å². The fourth-order valence-corrected chi connectivity index (χ4v) is 3.77. The lowest BCUT2D eigenvalue weighted by molar-refractivity contribution is 0.104. The molecule has 2 heterocycles. The molecule has 0 spiro atoms. The normalized spacial score (nSPS) is 11.0. The molecule has 9 heteroatoms. The van der Waals surface area contributed by atoms with Crippen LogP contribution in [-0.2, 0) is 0 Å². The molecule has 0 fully saturated rings. The van der Waals surface area contributed by atoms with E-state index in [-0.39, 0.29) is 17.6 Å². The summed E-state index contributed by atoms with van der Waals surface area (Å²) in [5, 5.41) is 6.09.